The molecular weight excluding hydrogens is 410 g/mol. The number of nitrogens with zero attached hydrogens (tertiary/aromatic N) is 4. The van der Waals surface area contributed by atoms with Crippen LogP contribution in [0.3, 0.4) is 0 Å². The van der Waals surface area contributed by atoms with Crippen molar-refractivity contribution in [2.24, 2.45) is 0 Å². The molecule has 0 aliphatic rings. The van der Waals surface area contributed by atoms with Crippen LogP contribution >= 0.6 is 0 Å². The monoisotopic (exact) mass is 435 g/mol. The zero-order chi connectivity index (χ0) is 22.5. The van der Waals surface area contributed by atoms with Crippen LogP contribution in [-0.4, -0.2) is 20.9 Å². The molecule has 1 amide bonds. The molecule has 1 atom stereocenters. The van der Waals surface area contributed by atoms with E-state index in [-0.39, 0.29) is 19.4 Å². The first-order valence-corrected chi connectivity index (χ1v) is 10.2. The summed E-state index contributed by atoms with van der Waals surface area (Å²) in [6.07, 6.45) is 5.14. The van der Waals surface area contributed by atoms with E-state index in [9.17, 15) is 10.1 Å². The molecule has 33 heavy (non-hydrogen) atoms. The number of rotatable bonds is 5. The number of amides is 1. The van der Waals surface area contributed by atoms with Gasteiger partial charge in [-0.15, -0.1) is 0 Å². The maximum absolute atomic E-state index is 13.2. The van der Waals surface area contributed by atoms with E-state index in [2.05, 4.69) is 26.3 Å². The average molecular weight is 436 g/mol. The first kappa shape index (κ1) is 23.3. The van der Waals surface area contributed by atoms with Gasteiger partial charge in [0.25, 0.3) is 5.91 Å². The van der Waals surface area contributed by atoms with Crippen LogP contribution in [0.15, 0.2) is 79.3 Å². The Hall–Kier alpha value is -4.37. The van der Waals surface area contributed by atoms with Crippen LogP contribution in [0.1, 0.15) is 47.7 Å². The zero-order valence-electron chi connectivity index (χ0n) is 17.8. The number of nitrogens with one attached hydrogen (secondary N) is 1. The molecule has 0 spiro atoms. The first-order valence-electron chi connectivity index (χ1n) is 10.2. The summed E-state index contributed by atoms with van der Waals surface area (Å²) < 4.78 is 0. The molecule has 2 heterocycles. The van der Waals surface area contributed by atoms with Crippen molar-refractivity contribution in [1.82, 2.24) is 20.3 Å². The second-order valence-corrected chi connectivity index (χ2v) is 7.43. The van der Waals surface area contributed by atoms with E-state index in [1.807, 2.05) is 62.4 Å². The maximum atomic E-state index is 13.2. The van der Waals surface area contributed by atoms with Gasteiger partial charge in [-0.05, 0) is 61.4 Å². The number of carbonyl (C=O) groups excluding carboxylic acids is 1. The van der Waals surface area contributed by atoms with Crippen molar-refractivity contribution in [3.63, 3.8) is 0 Å². The van der Waals surface area contributed by atoms with E-state index in [0.717, 1.165) is 27.9 Å². The van der Waals surface area contributed by atoms with Crippen LogP contribution in [0.5, 0.6) is 0 Å². The summed E-state index contributed by atoms with van der Waals surface area (Å²) in [5.74, 6) is 0.447. The molecule has 164 valence electrons. The van der Waals surface area contributed by atoms with Gasteiger partial charge >= 0.3 is 0 Å². The van der Waals surface area contributed by atoms with Crippen LogP contribution < -0.4 is 5.32 Å². The molecule has 6 heteroatoms. The Kier molecular flexibility index (Phi) is 7.27. The summed E-state index contributed by atoms with van der Waals surface area (Å²) in [5.41, 5.74) is 4.94. The smallest absolute Gasteiger partial charge is 0.251 e. The van der Waals surface area contributed by atoms with E-state index in [4.69, 9.17) is 0 Å². The third kappa shape index (κ3) is 5.28. The number of hydrogen-bond acceptors (Lipinski definition) is 5. The third-order valence-corrected chi connectivity index (χ3v) is 5.16. The molecule has 0 saturated heterocycles. The Balaban J connectivity index is 0.00000306. The predicted octanol–water partition coefficient (Wildman–Crippen LogP) is 5.51. The van der Waals surface area contributed by atoms with Gasteiger partial charge in [0.1, 0.15) is 5.82 Å². The van der Waals surface area contributed by atoms with E-state index >= 15 is 0 Å². The van der Waals surface area contributed by atoms with Crippen molar-refractivity contribution in [3.05, 3.63) is 102 Å². The van der Waals surface area contributed by atoms with Gasteiger partial charge in [0.2, 0.25) is 0 Å². The van der Waals surface area contributed by atoms with E-state index in [1.54, 1.807) is 30.7 Å². The molecule has 0 bridgehead atoms. The lowest BCUT2D eigenvalue weighted by atomic mass is 9.95. The SMILES string of the molecule is C.Cc1ncc([C@@H](C)NC(=O)c2cc(-c3ccccn3)cc(-c3ccccc3C#N)c2)cn1. The minimum Gasteiger partial charge on any atom is -0.345 e. The van der Waals surface area contributed by atoms with Crippen LogP contribution in [0.4, 0.5) is 0 Å². The highest BCUT2D eigenvalue weighted by atomic mass is 16.1. The summed E-state index contributed by atoms with van der Waals surface area (Å²) in [7, 11) is 0. The van der Waals surface area contributed by atoms with Gasteiger partial charge in [-0.25, -0.2) is 9.97 Å². The van der Waals surface area contributed by atoms with Crippen molar-refractivity contribution in [3.8, 4) is 28.5 Å². The lowest BCUT2D eigenvalue weighted by molar-refractivity contribution is 0.0940. The standard InChI is InChI=1S/C26H21N5O.CH4/c1-17(23-15-29-18(2)30-16-23)31-26(32)22-12-20(24-8-4-3-7-19(24)14-27)11-21(13-22)25-9-5-6-10-28-25;/h3-13,15-17H,1-2H3,(H,31,32);1H4/t17-;/m1./s1. The molecule has 6 nitrogen and oxygen atoms in total. The van der Waals surface area contributed by atoms with E-state index in [1.165, 1.54) is 0 Å². The lowest BCUT2D eigenvalue weighted by Crippen LogP contribution is -2.27. The highest BCUT2D eigenvalue weighted by Gasteiger charge is 2.16. The number of carbonyl (C=O) groups is 1. The second kappa shape index (κ2) is 10.3. The van der Waals surface area contributed by atoms with Crippen molar-refractivity contribution in [2.75, 3.05) is 0 Å². The van der Waals surface area contributed by atoms with Gasteiger partial charge in [-0.2, -0.15) is 5.26 Å². The molecule has 0 unspecified atom stereocenters. The molecule has 2 aromatic heterocycles. The van der Waals surface area contributed by atoms with Crippen molar-refractivity contribution in [2.45, 2.75) is 27.3 Å². The van der Waals surface area contributed by atoms with Crippen LogP contribution in [0.25, 0.3) is 22.4 Å². The Morgan fingerprint density at radius 1 is 0.970 bits per heavy atom. The second-order valence-electron chi connectivity index (χ2n) is 7.43. The summed E-state index contributed by atoms with van der Waals surface area (Å²) in [6, 6.07) is 20.5. The number of aryl methyl sites for hydroxylation is 1. The van der Waals surface area contributed by atoms with Crippen LogP contribution in [0.2, 0.25) is 0 Å². The molecular formula is C27H25N5O. The summed E-state index contributed by atoms with van der Waals surface area (Å²) >= 11 is 0. The Labute approximate surface area is 194 Å². The molecule has 0 aliphatic carbocycles. The van der Waals surface area contributed by atoms with Gasteiger partial charge in [-0.1, -0.05) is 31.7 Å². The Bertz CT molecular complexity index is 1290. The molecule has 0 aliphatic heterocycles. The molecule has 4 aromatic rings. The number of benzene rings is 2. The van der Waals surface area contributed by atoms with E-state index in [0.29, 0.717) is 17.0 Å². The Morgan fingerprint density at radius 2 is 1.67 bits per heavy atom. The fourth-order valence-electron chi connectivity index (χ4n) is 3.42. The third-order valence-electron chi connectivity index (χ3n) is 5.16. The minimum absolute atomic E-state index is 0. The Morgan fingerprint density at radius 3 is 2.36 bits per heavy atom. The van der Waals surface area contributed by atoms with E-state index < -0.39 is 0 Å². The summed E-state index contributed by atoms with van der Waals surface area (Å²) in [5, 5.41) is 12.6. The van der Waals surface area contributed by atoms with Crippen molar-refractivity contribution < 1.29 is 4.79 Å². The van der Waals surface area contributed by atoms with Crippen LogP contribution in [0, 0.1) is 18.3 Å². The van der Waals surface area contributed by atoms with Gasteiger partial charge < -0.3 is 5.32 Å². The highest BCUT2D eigenvalue weighted by Crippen LogP contribution is 2.29. The number of aromatic nitrogens is 3. The van der Waals surface area contributed by atoms with Crippen molar-refractivity contribution >= 4 is 5.91 Å². The fourth-order valence-corrected chi connectivity index (χ4v) is 3.42. The molecule has 2 aromatic carbocycles. The first-order chi connectivity index (χ1) is 15.5. The molecule has 0 radical (unpaired) electrons. The zero-order valence-corrected chi connectivity index (χ0v) is 17.8. The average Bonchev–Trinajstić information content (AvgIpc) is 2.84. The lowest BCUT2D eigenvalue weighted by Gasteiger charge is -2.16. The van der Waals surface area contributed by atoms with Gasteiger partial charge in [0, 0.05) is 35.3 Å². The molecule has 1 N–H and O–H groups in total. The van der Waals surface area contributed by atoms with Gasteiger partial charge in [-0.3, -0.25) is 9.78 Å². The largest absolute Gasteiger partial charge is 0.345 e. The minimum atomic E-state index is -0.267. The molecule has 4 rings (SSSR count). The van der Waals surface area contributed by atoms with Gasteiger partial charge in [0.05, 0.1) is 23.4 Å². The van der Waals surface area contributed by atoms with Gasteiger partial charge in [0.15, 0.2) is 0 Å². The summed E-state index contributed by atoms with van der Waals surface area (Å²) in [6.45, 7) is 3.71. The predicted molar refractivity (Wildman–Crippen MR) is 129 cm³/mol. The summed E-state index contributed by atoms with van der Waals surface area (Å²) in [4.78, 5) is 26.0. The number of nitriles is 1. The fraction of sp³-hybridized carbons (Fsp3) is 0.148. The highest BCUT2D eigenvalue weighted by molar-refractivity contribution is 5.97. The quantitative estimate of drug-likeness (QED) is 0.446. The normalized spacial score (nSPS) is 11.1. The molecule has 0 saturated carbocycles. The molecule has 0 fully saturated rings. The van der Waals surface area contributed by atoms with Crippen LogP contribution in [-0.2, 0) is 0 Å². The van der Waals surface area contributed by atoms with Crippen molar-refractivity contribution in [1.29, 1.82) is 5.26 Å². The number of pyridine rings is 1. The topological polar surface area (TPSA) is 91.6 Å². The number of hydrogen-bond donors (Lipinski definition) is 1. The maximum Gasteiger partial charge on any atom is 0.251 e.